The van der Waals surface area contributed by atoms with E-state index >= 15 is 14.4 Å². The minimum atomic E-state index is -1.76. The minimum Gasteiger partial charge on any atom is -0.497 e. The highest BCUT2D eigenvalue weighted by molar-refractivity contribution is 7.98. The number of hydrogen-bond acceptors (Lipinski definition) is 16. The Hall–Kier alpha value is -9.13. The lowest BCUT2D eigenvalue weighted by Gasteiger charge is -2.37. The van der Waals surface area contributed by atoms with E-state index in [9.17, 15) is 47.4 Å². The number of primary amides is 1. The molecule has 30 heteroatoms. The molecule has 99 heavy (non-hydrogen) atoms. The second kappa shape index (κ2) is 34.1. The number of carbonyl (C=O) groups excluding carboxylic acids is 10. The normalized spacial score (nSPS) is 24.7. The Morgan fingerprint density at radius 1 is 0.707 bits per heavy atom. The third kappa shape index (κ3) is 19.0. The SMILES string of the molecule is COc1ccc(C[C@@H]2NC(=O)[C@H]([C@@H](C)O)NC(=O)[C@@H]3CCCN3C(=O)[C@H](Cc3c[nH]c4ccc(F)cc34)NC(=O)[C@H](Cc3c[nH]c4ccc(F)cc34)NC(=O)[C@@H](C)NC(=O)[C@H](CCCCN)NC(=O)CCSCc3cncc(c3)CSC[C@@H](C(N)=O)NC(=O)[C@]3(C)CCCN3C2=O)cc1. The molecule has 10 atom stereocenters. The number of rotatable bonds is 13. The van der Waals surface area contributed by atoms with Gasteiger partial charge in [0.25, 0.3) is 0 Å². The van der Waals surface area contributed by atoms with Gasteiger partial charge in [-0.1, -0.05) is 18.2 Å². The van der Waals surface area contributed by atoms with Crippen molar-refractivity contribution in [3.63, 3.8) is 0 Å². The van der Waals surface area contributed by atoms with E-state index in [1.165, 1.54) is 103 Å². The lowest BCUT2D eigenvalue weighted by molar-refractivity contribution is -0.147. The minimum absolute atomic E-state index is 0.0146. The quantitative estimate of drug-likeness (QED) is 0.0740. The number of benzene rings is 3. The van der Waals surface area contributed by atoms with Crippen LogP contribution in [0.4, 0.5) is 8.78 Å². The Bertz CT molecular complexity index is 3930. The first-order valence-corrected chi connectivity index (χ1v) is 35.4. The number of hydrogen-bond donors (Lipinski definition) is 12. The molecule has 530 valence electrons. The van der Waals surface area contributed by atoms with Gasteiger partial charge in [0.15, 0.2) is 0 Å². The number of aromatic amines is 2. The summed E-state index contributed by atoms with van der Waals surface area (Å²) in [5, 5.41) is 31.3. The maximum Gasteiger partial charge on any atom is 0.246 e. The molecule has 3 aliphatic heterocycles. The molecule has 2 fully saturated rings. The van der Waals surface area contributed by atoms with Gasteiger partial charge in [-0.05, 0) is 149 Å². The van der Waals surface area contributed by atoms with Crippen LogP contribution in [0, 0.1) is 11.6 Å². The van der Waals surface area contributed by atoms with Crippen molar-refractivity contribution in [3.8, 4) is 5.75 Å². The number of H-pyrrole nitrogens is 2. The number of nitrogens with two attached hydrogens (primary N) is 2. The summed E-state index contributed by atoms with van der Waals surface area (Å²) in [5.74, 6) is -7.28. The Morgan fingerprint density at radius 3 is 1.96 bits per heavy atom. The van der Waals surface area contributed by atoms with Crippen LogP contribution in [0.15, 0.2) is 91.5 Å². The summed E-state index contributed by atoms with van der Waals surface area (Å²) in [7, 11) is 1.48. The molecule has 0 unspecified atom stereocenters. The second-order valence-corrected chi connectivity index (χ2v) is 27.7. The van der Waals surface area contributed by atoms with Crippen LogP contribution in [0.5, 0.6) is 5.75 Å². The van der Waals surface area contributed by atoms with Crippen LogP contribution in [0.3, 0.4) is 0 Å². The number of aliphatic hydroxyl groups excluding tert-OH is 1. The molecule has 2 bridgehead atoms. The summed E-state index contributed by atoms with van der Waals surface area (Å²) in [5.41, 5.74) is 14.1. The van der Waals surface area contributed by atoms with E-state index in [0.29, 0.717) is 87.3 Å². The fourth-order valence-electron chi connectivity index (χ4n) is 12.7. The van der Waals surface area contributed by atoms with Gasteiger partial charge in [-0.25, -0.2) is 8.78 Å². The summed E-state index contributed by atoms with van der Waals surface area (Å²) in [4.78, 5) is 158. The highest BCUT2D eigenvalue weighted by atomic mass is 32.2. The first-order valence-electron chi connectivity index (χ1n) is 33.1. The number of ether oxygens (including phenoxy) is 1. The van der Waals surface area contributed by atoms with Gasteiger partial charge in [0.05, 0.1) is 13.2 Å². The van der Waals surface area contributed by atoms with Crippen LogP contribution in [0.25, 0.3) is 21.8 Å². The van der Waals surface area contributed by atoms with E-state index in [4.69, 9.17) is 16.2 Å². The summed E-state index contributed by atoms with van der Waals surface area (Å²) in [6.07, 6.45) is 6.00. The summed E-state index contributed by atoms with van der Waals surface area (Å²) >= 11 is 2.76. The highest BCUT2D eigenvalue weighted by Gasteiger charge is 2.49. The summed E-state index contributed by atoms with van der Waals surface area (Å²) in [6.45, 7) is 4.52. The van der Waals surface area contributed by atoms with Crippen molar-refractivity contribution < 1.29 is 66.6 Å². The van der Waals surface area contributed by atoms with E-state index in [0.717, 1.165) is 11.1 Å². The predicted molar refractivity (Wildman–Crippen MR) is 369 cm³/mol. The first kappa shape index (κ1) is 74.1. The first-order chi connectivity index (χ1) is 47.4. The van der Waals surface area contributed by atoms with Gasteiger partial charge in [-0.2, -0.15) is 23.5 Å². The van der Waals surface area contributed by atoms with Crippen molar-refractivity contribution in [3.05, 3.63) is 131 Å². The van der Waals surface area contributed by atoms with Crippen molar-refractivity contribution in [2.24, 2.45) is 11.5 Å². The summed E-state index contributed by atoms with van der Waals surface area (Å²) < 4.78 is 35.3. The van der Waals surface area contributed by atoms with Gasteiger partial charge in [0.1, 0.15) is 71.3 Å². The monoisotopic (exact) mass is 1400 g/mol. The number of nitrogens with zero attached hydrogens (tertiary/aromatic N) is 3. The van der Waals surface area contributed by atoms with Crippen LogP contribution in [0.1, 0.15) is 100.0 Å². The van der Waals surface area contributed by atoms with Crippen molar-refractivity contribution >= 4 is 104 Å². The number of thioether (sulfide) groups is 2. The molecule has 6 heterocycles. The number of carbonyl (C=O) groups is 10. The average molecular weight is 1410 g/mol. The van der Waals surface area contributed by atoms with E-state index in [2.05, 4.69) is 52.2 Å². The average Bonchev–Trinajstić information content (AvgIpc) is 1.71. The van der Waals surface area contributed by atoms with Crippen LogP contribution < -0.4 is 53.4 Å². The Labute approximate surface area is 579 Å². The Morgan fingerprint density at radius 2 is 1.32 bits per heavy atom. The molecule has 0 aliphatic carbocycles. The zero-order valence-corrected chi connectivity index (χ0v) is 57.2. The molecule has 3 aromatic carbocycles. The molecule has 2 saturated heterocycles. The number of pyridine rings is 1. The number of unbranched alkanes of at least 4 members (excludes halogenated alkanes) is 1. The molecular weight excluding hydrogens is 1320 g/mol. The lowest BCUT2D eigenvalue weighted by atomic mass is 9.95. The smallest absolute Gasteiger partial charge is 0.246 e. The topological polar surface area (TPSA) is 387 Å². The molecule has 10 amide bonds. The van der Waals surface area contributed by atoms with E-state index < -0.39 is 131 Å². The maximum atomic E-state index is 15.4. The van der Waals surface area contributed by atoms with Crippen LogP contribution in [-0.2, 0) is 78.7 Å². The third-order valence-corrected chi connectivity index (χ3v) is 20.3. The number of halogens is 2. The number of fused-ring (bicyclic) bond motifs is 6. The molecule has 14 N–H and O–H groups in total. The molecule has 0 saturated carbocycles. The number of nitrogens with one attached hydrogen (secondary N) is 9. The molecular formula is C69H86F2N14O12S2. The van der Waals surface area contributed by atoms with Crippen molar-refractivity contribution in [2.75, 3.05) is 38.2 Å². The fourth-order valence-corrected chi connectivity index (χ4v) is 14.5. The largest absolute Gasteiger partial charge is 0.497 e. The standard InChI is InChI=1S/C69H86F2N14O12S2/c1-38-61(89)79-53(27-43-33-75-50-17-13-45(70)29-48(43)50)63(91)80-55(28-44-34-76-51-18-14-46(71)30-49(44)51)66(94)84-22-7-10-57(84)64(92)83-59(39(2)86)65(93)81-54(26-40-11-15-47(97-4)16-12-40)67(95)85-23-8-20-69(85,3)68(96)82-56(60(73)88)37-99-36-42-25-41(31-74-32-42)35-98-24-19-58(87)78-52(62(90)77-38)9-5-6-21-72/h11-18,25,29-34,38-39,52-57,59,75-76,86H,5-10,19-24,26-28,35-37,72H2,1-4H3,(H2,73,88)(H,77,90)(H,78,87)(H,79,89)(H,80,91)(H,81,93)(H,82,96)(H,83,92)/t38-,39-,52+,53+,54+,55+,56+,57+,59+,69+/m1/s1. The molecule has 9 rings (SSSR count). The van der Waals surface area contributed by atoms with E-state index in [-0.39, 0.29) is 70.2 Å². The summed E-state index contributed by atoms with van der Waals surface area (Å²) in [6, 6.07) is 5.31. The van der Waals surface area contributed by atoms with Gasteiger partial charge < -0.3 is 78.3 Å². The Kier molecular flexibility index (Phi) is 25.5. The van der Waals surface area contributed by atoms with E-state index in [1.54, 1.807) is 43.6 Å². The fraction of sp³-hybridized carbons (Fsp3) is 0.464. The maximum absolute atomic E-state index is 15.4. The molecule has 3 aromatic heterocycles. The number of aromatic nitrogens is 3. The molecule has 26 nitrogen and oxygen atoms in total. The zero-order valence-electron chi connectivity index (χ0n) is 55.6. The van der Waals surface area contributed by atoms with E-state index in [1.807, 2.05) is 6.07 Å². The van der Waals surface area contributed by atoms with Gasteiger partial charge in [-0.3, -0.25) is 52.9 Å². The molecule has 3 aliphatic rings. The van der Waals surface area contributed by atoms with Crippen LogP contribution in [0.2, 0.25) is 0 Å². The van der Waals surface area contributed by atoms with Crippen molar-refractivity contribution in [1.29, 1.82) is 0 Å². The molecule has 0 spiro atoms. The zero-order chi connectivity index (χ0) is 71.1. The third-order valence-electron chi connectivity index (χ3n) is 18.2. The van der Waals surface area contributed by atoms with Gasteiger partial charge in [-0.15, -0.1) is 0 Å². The van der Waals surface area contributed by atoms with Crippen LogP contribution in [-0.4, -0.2) is 187 Å². The van der Waals surface area contributed by atoms with Crippen LogP contribution >= 0.6 is 23.5 Å². The van der Waals surface area contributed by atoms with Crippen molar-refractivity contribution in [2.45, 2.75) is 163 Å². The second-order valence-electron chi connectivity index (χ2n) is 25.5. The van der Waals surface area contributed by atoms with Crippen molar-refractivity contribution in [1.82, 2.24) is 62.0 Å². The lowest BCUT2D eigenvalue weighted by Crippen LogP contribution is -2.64. The van der Waals surface area contributed by atoms with Gasteiger partial charge in [0.2, 0.25) is 59.1 Å². The number of amides is 10. The number of methoxy groups -OCH3 is 1. The Balaban J connectivity index is 1.04. The van der Waals surface area contributed by atoms with Gasteiger partial charge >= 0.3 is 0 Å². The number of aliphatic hydroxyl groups is 1. The predicted octanol–water partition coefficient (Wildman–Crippen LogP) is 2.71. The molecule has 0 radical (unpaired) electrons. The molecule has 6 aromatic rings. The van der Waals surface area contributed by atoms with Gasteiger partial charge in [0, 0.05) is 108 Å². The highest BCUT2D eigenvalue weighted by Crippen LogP contribution is 2.32.